The van der Waals surface area contributed by atoms with Crippen LogP contribution in [0.5, 0.6) is 23.0 Å². The van der Waals surface area contributed by atoms with E-state index >= 15 is 0 Å². The third-order valence-corrected chi connectivity index (χ3v) is 8.94. The molecule has 0 aliphatic heterocycles. The summed E-state index contributed by atoms with van der Waals surface area (Å²) in [5.74, 6) is 2.76. The highest BCUT2D eigenvalue weighted by molar-refractivity contribution is 5.99. The fraction of sp³-hybridized carbons (Fsp3) is 0.0870. The number of hydrogen-bond acceptors (Lipinski definition) is 6. The maximum atomic E-state index is 5.50. The topological polar surface area (TPSA) is 62.7 Å². The van der Waals surface area contributed by atoms with Crippen molar-refractivity contribution >= 4 is 21.8 Å². The highest BCUT2D eigenvalue weighted by atomic mass is 16.5. The van der Waals surface area contributed by atoms with Crippen LogP contribution < -0.4 is 18.9 Å². The first-order valence-corrected chi connectivity index (χ1v) is 17.0. The first kappa shape index (κ1) is 33.8. The first-order valence-electron chi connectivity index (χ1n) is 17.0. The van der Waals surface area contributed by atoms with E-state index in [-0.39, 0.29) is 0 Å². The van der Waals surface area contributed by atoms with Gasteiger partial charge in [0.2, 0.25) is 0 Å². The quantitative estimate of drug-likeness (QED) is 0.159. The zero-order valence-electron chi connectivity index (χ0n) is 29.5. The fourth-order valence-electron chi connectivity index (χ4n) is 6.33. The smallest absolute Gasteiger partial charge is 0.162 e. The molecule has 0 bridgehead atoms. The molecule has 0 saturated heterocycles. The molecule has 52 heavy (non-hydrogen) atoms. The van der Waals surface area contributed by atoms with Gasteiger partial charge in [-0.05, 0) is 46.5 Å². The number of hydrogen-bond donors (Lipinski definition) is 0. The van der Waals surface area contributed by atoms with Gasteiger partial charge in [-0.2, -0.15) is 0 Å². The Hall–Kier alpha value is -6.66. The van der Waals surface area contributed by atoms with E-state index in [0.717, 1.165) is 66.6 Å². The summed E-state index contributed by atoms with van der Waals surface area (Å²) in [6.45, 7) is 0. The van der Waals surface area contributed by atoms with Crippen LogP contribution in [0.3, 0.4) is 0 Å². The molecule has 0 N–H and O–H groups in total. The molecule has 2 aromatic heterocycles. The fourth-order valence-corrected chi connectivity index (χ4v) is 6.33. The Balaban J connectivity index is 0.000000162. The Labute approximate surface area is 303 Å². The largest absolute Gasteiger partial charge is 0.493 e. The molecule has 8 aromatic rings. The van der Waals surface area contributed by atoms with Crippen LogP contribution in [-0.4, -0.2) is 38.4 Å². The Morgan fingerprint density at radius 3 is 0.923 bits per heavy atom. The van der Waals surface area contributed by atoms with Gasteiger partial charge in [-0.25, -0.2) is 9.97 Å². The lowest BCUT2D eigenvalue weighted by Crippen LogP contribution is -1.94. The molecular formula is C46H38N2O4. The van der Waals surface area contributed by atoms with Gasteiger partial charge in [0, 0.05) is 34.0 Å². The standard InChI is InChI=1S/2C23H19NO2/c2*1-25-22-14-19-18(16-9-5-3-6-10-16)13-20(17-11-7-4-8-12-17)24-21(19)15-23(22)26-2/h2*3-15H,1-2H3. The Morgan fingerprint density at radius 1 is 0.327 bits per heavy atom. The van der Waals surface area contributed by atoms with E-state index in [1.54, 1.807) is 28.4 Å². The van der Waals surface area contributed by atoms with Crippen LogP contribution >= 0.6 is 0 Å². The van der Waals surface area contributed by atoms with Crippen molar-refractivity contribution in [2.24, 2.45) is 0 Å². The monoisotopic (exact) mass is 682 g/mol. The van der Waals surface area contributed by atoms with Crippen LogP contribution in [0.2, 0.25) is 0 Å². The van der Waals surface area contributed by atoms with Gasteiger partial charge in [0.25, 0.3) is 0 Å². The molecule has 0 unspecified atom stereocenters. The number of fused-ring (bicyclic) bond motifs is 2. The van der Waals surface area contributed by atoms with Gasteiger partial charge in [-0.15, -0.1) is 0 Å². The second-order valence-corrected chi connectivity index (χ2v) is 12.0. The predicted molar refractivity (Wildman–Crippen MR) is 211 cm³/mol. The van der Waals surface area contributed by atoms with Crippen molar-refractivity contribution < 1.29 is 18.9 Å². The molecule has 6 heteroatoms. The van der Waals surface area contributed by atoms with E-state index in [1.165, 1.54) is 0 Å². The Morgan fingerprint density at radius 2 is 0.615 bits per heavy atom. The maximum Gasteiger partial charge on any atom is 0.162 e. The summed E-state index contributed by atoms with van der Waals surface area (Å²) in [6.07, 6.45) is 0. The highest BCUT2D eigenvalue weighted by Gasteiger charge is 2.15. The second kappa shape index (κ2) is 15.5. The van der Waals surface area contributed by atoms with Crippen molar-refractivity contribution in [3.05, 3.63) is 158 Å². The maximum absolute atomic E-state index is 5.50. The average molecular weight is 683 g/mol. The molecule has 0 amide bonds. The van der Waals surface area contributed by atoms with Gasteiger partial charge < -0.3 is 18.9 Å². The van der Waals surface area contributed by atoms with Gasteiger partial charge in [0.05, 0.1) is 50.9 Å². The molecule has 256 valence electrons. The molecule has 0 aliphatic carbocycles. The van der Waals surface area contributed by atoms with E-state index in [0.29, 0.717) is 23.0 Å². The number of pyridine rings is 2. The van der Waals surface area contributed by atoms with Gasteiger partial charge in [0.15, 0.2) is 23.0 Å². The number of benzene rings is 6. The van der Waals surface area contributed by atoms with Crippen molar-refractivity contribution in [1.82, 2.24) is 9.97 Å². The van der Waals surface area contributed by atoms with Crippen LogP contribution in [0.25, 0.3) is 66.6 Å². The summed E-state index contributed by atoms with van der Waals surface area (Å²) < 4.78 is 21.9. The van der Waals surface area contributed by atoms with E-state index in [1.807, 2.05) is 97.1 Å². The molecule has 0 atom stereocenters. The van der Waals surface area contributed by atoms with Gasteiger partial charge in [-0.1, -0.05) is 121 Å². The van der Waals surface area contributed by atoms with Crippen LogP contribution in [0.4, 0.5) is 0 Å². The minimum Gasteiger partial charge on any atom is -0.493 e. The third-order valence-electron chi connectivity index (χ3n) is 8.94. The van der Waals surface area contributed by atoms with Crippen LogP contribution in [0, 0.1) is 0 Å². The third kappa shape index (κ3) is 7.00. The lowest BCUT2D eigenvalue weighted by molar-refractivity contribution is 0.356. The summed E-state index contributed by atoms with van der Waals surface area (Å²) >= 11 is 0. The summed E-state index contributed by atoms with van der Waals surface area (Å²) in [4.78, 5) is 9.76. The van der Waals surface area contributed by atoms with Crippen molar-refractivity contribution in [1.29, 1.82) is 0 Å². The molecule has 6 aromatic carbocycles. The summed E-state index contributed by atoms with van der Waals surface area (Å²) in [5, 5.41) is 2.07. The number of nitrogens with zero attached hydrogens (tertiary/aromatic N) is 2. The molecule has 6 nitrogen and oxygen atoms in total. The molecule has 0 saturated carbocycles. The van der Waals surface area contributed by atoms with Gasteiger partial charge in [0.1, 0.15) is 0 Å². The van der Waals surface area contributed by atoms with Crippen molar-refractivity contribution in [3.63, 3.8) is 0 Å². The summed E-state index contributed by atoms with van der Waals surface area (Å²) in [7, 11) is 6.58. The molecule has 0 aliphatic rings. The van der Waals surface area contributed by atoms with Gasteiger partial charge >= 0.3 is 0 Å². The predicted octanol–water partition coefficient (Wildman–Crippen LogP) is 11.2. The number of ether oxygens (including phenoxy) is 4. The molecule has 2 heterocycles. The van der Waals surface area contributed by atoms with Crippen molar-refractivity contribution in [2.45, 2.75) is 0 Å². The number of methoxy groups -OCH3 is 4. The van der Waals surface area contributed by atoms with Gasteiger partial charge in [-0.3, -0.25) is 0 Å². The van der Waals surface area contributed by atoms with Crippen molar-refractivity contribution in [2.75, 3.05) is 28.4 Å². The molecular weight excluding hydrogens is 645 g/mol. The first-order chi connectivity index (χ1) is 25.6. The van der Waals surface area contributed by atoms with Crippen molar-refractivity contribution in [3.8, 4) is 67.8 Å². The van der Waals surface area contributed by atoms with E-state index in [2.05, 4.69) is 60.7 Å². The molecule has 0 radical (unpaired) electrons. The minimum absolute atomic E-state index is 0.678. The minimum atomic E-state index is 0.678. The zero-order chi connectivity index (χ0) is 35.9. The lowest BCUT2D eigenvalue weighted by Gasteiger charge is -2.14. The van der Waals surface area contributed by atoms with E-state index in [4.69, 9.17) is 28.9 Å². The molecule has 8 rings (SSSR count). The van der Waals surface area contributed by atoms with E-state index in [9.17, 15) is 0 Å². The number of rotatable bonds is 8. The lowest BCUT2D eigenvalue weighted by atomic mass is 9.98. The van der Waals surface area contributed by atoms with Crippen LogP contribution in [-0.2, 0) is 0 Å². The normalized spacial score (nSPS) is 10.7. The molecule has 0 fully saturated rings. The Bertz CT molecular complexity index is 2260. The number of aromatic nitrogens is 2. The average Bonchev–Trinajstić information content (AvgIpc) is 3.23. The van der Waals surface area contributed by atoms with E-state index < -0.39 is 0 Å². The van der Waals surface area contributed by atoms with Crippen LogP contribution in [0.1, 0.15) is 0 Å². The molecule has 0 spiro atoms. The SMILES string of the molecule is COc1cc2nc(-c3ccccc3)cc(-c3ccccc3)c2cc1OC.COc1cc2nc(-c3ccccc3)cc(-c3ccccc3)c2cc1OC. The second-order valence-electron chi connectivity index (χ2n) is 12.0. The highest BCUT2D eigenvalue weighted by Crippen LogP contribution is 2.40. The Kier molecular flexibility index (Phi) is 10.1. The summed E-state index contributed by atoms with van der Waals surface area (Å²) in [6, 6.07) is 53.2. The summed E-state index contributed by atoms with van der Waals surface area (Å²) in [5.41, 5.74) is 10.3. The van der Waals surface area contributed by atoms with Crippen LogP contribution in [0.15, 0.2) is 158 Å². The zero-order valence-corrected chi connectivity index (χ0v) is 29.5.